The minimum Gasteiger partial charge on any atom is -0.324 e. The number of nitro groups is 1. The molecule has 0 unspecified atom stereocenters. The standard InChI is InChI=1S/C17H19N3O5S/c1-12-4-8-15(9-5-12)26(24,25)19(3)11-17(21)18-16-10-14(20(22)23)7-6-13(16)2/h4-10H,11H2,1-3H3,(H,18,21). The van der Waals surface area contributed by atoms with Crippen LogP contribution >= 0.6 is 0 Å². The van der Waals surface area contributed by atoms with Crippen molar-refractivity contribution in [3.8, 4) is 0 Å². The third-order valence-corrected chi connectivity index (χ3v) is 5.62. The van der Waals surface area contributed by atoms with E-state index in [2.05, 4.69) is 5.32 Å². The molecule has 0 saturated heterocycles. The maximum absolute atomic E-state index is 12.5. The summed E-state index contributed by atoms with van der Waals surface area (Å²) >= 11 is 0. The molecule has 0 fully saturated rings. The number of hydrogen-bond donors (Lipinski definition) is 1. The Labute approximate surface area is 151 Å². The van der Waals surface area contributed by atoms with Crippen molar-refractivity contribution in [3.63, 3.8) is 0 Å². The monoisotopic (exact) mass is 377 g/mol. The van der Waals surface area contributed by atoms with Crippen LogP contribution in [0.5, 0.6) is 0 Å². The van der Waals surface area contributed by atoms with Gasteiger partial charge in [-0.3, -0.25) is 14.9 Å². The molecule has 0 aromatic heterocycles. The number of aryl methyl sites for hydroxylation is 2. The Hall–Kier alpha value is -2.78. The van der Waals surface area contributed by atoms with E-state index >= 15 is 0 Å². The molecule has 0 spiro atoms. The van der Waals surface area contributed by atoms with Gasteiger partial charge in [-0.1, -0.05) is 23.8 Å². The van der Waals surface area contributed by atoms with E-state index in [4.69, 9.17) is 0 Å². The van der Waals surface area contributed by atoms with Gasteiger partial charge in [-0.2, -0.15) is 4.31 Å². The van der Waals surface area contributed by atoms with Gasteiger partial charge < -0.3 is 5.32 Å². The minimum atomic E-state index is -3.81. The van der Waals surface area contributed by atoms with E-state index in [9.17, 15) is 23.3 Å². The van der Waals surface area contributed by atoms with E-state index in [1.165, 1.54) is 37.4 Å². The van der Waals surface area contributed by atoms with Gasteiger partial charge in [0, 0.05) is 19.2 Å². The fourth-order valence-electron chi connectivity index (χ4n) is 2.23. The van der Waals surface area contributed by atoms with Crippen LogP contribution in [-0.2, 0) is 14.8 Å². The van der Waals surface area contributed by atoms with Crippen molar-refractivity contribution in [1.29, 1.82) is 0 Å². The van der Waals surface area contributed by atoms with Crippen LogP contribution in [0.4, 0.5) is 11.4 Å². The van der Waals surface area contributed by atoms with Crippen LogP contribution in [0.3, 0.4) is 0 Å². The first kappa shape index (κ1) is 19.5. The second kappa shape index (κ2) is 7.63. The number of nitrogens with zero attached hydrogens (tertiary/aromatic N) is 2. The Morgan fingerprint density at radius 3 is 2.35 bits per heavy atom. The van der Waals surface area contributed by atoms with Crippen LogP contribution in [0, 0.1) is 24.0 Å². The van der Waals surface area contributed by atoms with E-state index in [0.717, 1.165) is 9.87 Å². The molecule has 0 heterocycles. The van der Waals surface area contributed by atoms with Crippen molar-refractivity contribution in [3.05, 3.63) is 63.7 Å². The molecule has 2 aromatic carbocycles. The third kappa shape index (κ3) is 4.44. The SMILES string of the molecule is Cc1ccc(S(=O)(=O)N(C)CC(=O)Nc2cc([N+](=O)[O-])ccc2C)cc1. The average Bonchev–Trinajstić information content (AvgIpc) is 2.56. The van der Waals surface area contributed by atoms with E-state index < -0.39 is 27.4 Å². The second-order valence-electron chi connectivity index (χ2n) is 5.88. The van der Waals surface area contributed by atoms with Crippen LogP contribution < -0.4 is 5.32 Å². The van der Waals surface area contributed by atoms with E-state index in [-0.39, 0.29) is 16.3 Å². The zero-order chi connectivity index (χ0) is 19.5. The maximum Gasteiger partial charge on any atom is 0.271 e. The Kier molecular flexibility index (Phi) is 5.73. The van der Waals surface area contributed by atoms with E-state index in [1.807, 2.05) is 6.92 Å². The number of sulfonamides is 1. The first-order valence-corrected chi connectivity index (χ1v) is 9.13. The third-order valence-electron chi connectivity index (χ3n) is 3.80. The molecule has 8 nitrogen and oxygen atoms in total. The number of likely N-dealkylation sites (N-methyl/N-ethyl adjacent to an activating group) is 1. The van der Waals surface area contributed by atoms with Gasteiger partial charge in [0.25, 0.3) is 5.69 Å². The summed E-state index contributed by atoms with van der Waals surface area (Å²) in [7, 11) is -2.51. The maximum atomic E-state index is 12.5. The largest absolute Gasteiger partial charge is 0.324 e. The van der Waals surface area contributed by atoms with Crippen LogP contribution in [0.2, 0.25) is 0 Å². The summed E-state index contributed by atoms with van der Waals surface area (Å²) < 4.78 is 25.9. The number of rotatable bonds is 6. The van der Waals surface area contributed by atoms with Gasteiger partial charge in [0.05, 0.1) is 22.1 Å². The van der Waals surface area contributed by atoms with Gasteiger partial charge in [-0.15, -0.1) is 0 Å². The molecule has 2 aromatic rings. The average molecular weight is 377 g/mol. The smallest absolute Gasteiger partial charge is 0.271 e. The van der Waals surface area contributed by atoms with Crippen molar-refractivity contribution < 1.29 is 18.1 Å². The molecule has 0 saturated carbocycles. The van der Waals surface area contributed by atoms with Crippen LogP contribution in [0.15, 0.2) is 47.4 Å². The van der Waals surface area contributed by atoms with Gasteiger partial charge in [0.15, 0.2) is 0 Å². The molecule has 0 radical (unpaired) electrons. The quantitative estimate of drug-likeness (QED) is 0.614. The Morgan fingerprint density at radius 2 is 1.77 bits per heavy atom. The number of carbonyl (C=O) groups excluding carboxylic acids is 1. The molecule has 138 valence electrons. The number of non-ortho nitro benzene ring substituents is 1. The summed E-state index contributed by atoms with van der Waals surface area (Å²) in [5.74, 6) is -0.591. The zero-order valence-corrected chi connectivity index (χ0v) is 15.4. The highest BCUT2D eigenvalue weighted by Gasteiger charge is 2.23. The van der Waals surface area contributed by atoms with Crippen molar-refractivity contribution in [2.75, 3.05) is 18.9 Å². The summed E-state index contributed by atoms with van der Waals surface area (Å²) in [6.07, 6.45) is 0. The van der Waals surface area contributed by atoms with Crippen molar-refractivity contribution in [1.82, 2.24) is 4.31 Å². The summed E-state index contributed by atoms with van der Waals surface area (Å²) in [5.41, 5.74) is 1.66. The molecule has 0 atom stereocenters. The van der Waals surface area contributed by atoms with Crippen molar-refractivity contribution in [2.45, 2.75) is 18.7 Å². The predicted molar refractivity (Wildman–Crippen MR) is 97.5 cm³/mol. The van der Waals surface area contributed by atoms with Gasteiger partial charge in [-0.25, -0.2) is 8.42 Å². The highest BCUT2D eigenvalue weighted by molar-refractivity contribution is 7.89. The van der Waals surface area contributed by atoms with Crippen LogP contribution in [0.25, 0.3) is 0 Å². The molecule has 0 aliphatic rings. The number of benzene rings is 2. The number of nitro benzene ring substituents is 1. The molecule has 0 aliphatic heterocycles. The lowest BCUT2D eigenvalue weighted by Gasteiger charge is -2.17. The van der Waals surface area contributed by atoms with Gasteiger partial charge in [0.2, 0.25) is 15.9 Å². The van der Waals surface area contributed by atoms with E-state index in [0.29, 0.717) is 5.56 Å². The first-order valence-electron chi connectivity index (χ1n) is 7.69. The summed E-state index contributed by atoms with van der Waals surface area (Å²) in [5, 5.41) is 13.4. The van der Waals surface area contributed by atoms with Crippen LogP contribution in [0.1, 0.15) is 11.1 Å². The van der Waals surface area contributed by atoms with Gasteiger partial charge in [0.1, 0.15) is 0 Å². The lowest BCUT2D eigenvalue weighted by atomic mass is 10.2. The molecular formula is C17H19N3O5S. The zero-order valence-electron chi connectivity index (χ0n) is 14.6. The molecule has 0 bridgehead atoms. The lowest BCUT2D eigenvalue weighted by molar-refractivity contribution is -0.384. The first-order chi connectivity index (χ1) is 12.1. The van der Waals surface area contributed by atoms with Gasteiger partial charge >= 0.3 is 0 Å². The van der Waals surface area contributed by atoms with Crippen LogP contribution in [-0.4, -0.2) is 37.1 Å². The fraction of sp³-hybridized carbons (Fsp3) is 0.235. The molecule has 9 heteroatoms. The normalized spacial score (nSPS) is 11.4. The Balaban J connectivity index is 2.13. The highest BCUT2D eigenvalue weighted by Crippen LogP contribution is 2.22. The summed E-state index contributed by atoms with van der Waals surface area (Å²) in [4.78, 5) is 22.6. The molecular weight excluding hydrogens is 358 g/mol. The molecule has 0 aliphatic carbocycles. The Bertz CT molecular complexity index is 939. The molecule has 26 heavy (non-hydrogen) atoms. The number of carbonyl (C=O) groups is 1. The Morgan fingerprint density at radius 1 is 1.15 bits per heavy atom. The molecule has 1 N–H and O–H groups in total. The summed E-state index contributed by atoms with van der Waals surface area (Å²) in [6, 6.07) is 10.4. The summed E-state index contributed by atoms with van der Waals surface area (Å²) in [6.45, 7) is 3.11. The topological polar surface area (TPSA) is 110 Å². The van der Waals surface area contributed by atoms with Crippen molar-refractivity contribution >= 4 is 27.3 Å². The number of amides is 1. The second-order valence-corrected chi connectivity index (χ2v) is 7.92. The number of anilines is 1. The molecule has 2 rings (SSSR count). The van der Waals surface area contributed by atoms with Crippen molar-refractivity contribution in [2.24, 2.45) is 0 Å². The highest BCUT2D eigenvalue weighted by atomic mass is 32.2. The number of nitrogens with one attached hydrogen (secondary N) is 1. The lowest BCUT2D eigenvalue weighted by Crippen LogP contribution is -2.35. The molecule has 1 amide bonds. The van der Waals surface area contributed by atoms with E-state index in [1.54, 1.807) is 19.1 Å². The van der Waals surface area contributed by atoms with Gasteiger partial charge in [-0.05, 0) is 31.5 Å². The fourth-order valence-corrected chi connectivity index (χ4v) is 3.35. The minimum absolute atomic E-state index is 0.0879. The predicted octanol–water partition coefficient (Wildman–Crippen LogP) is 2.47. The number of hydrogen-bond acceptors (Lipinski definition) is 5.